The molecule has 0 radical (unpaired) electrons. The first-order valence-corrected chi connectivity index (χ1v) is 12.0. The van der Waals surface area contributed by atoms with E-state index in [0.29, 0.717) is 11.3 Å². The van der Waals surface area contributed by atoms with Crippen LogP contribution in [0.3, 0.4) is 0 Å². The van der Waals surface area contributed by atoms with Crippen LogP contribution in [0.1, 0.15) is 58.4 Å². The molecule has 2 nitrogen and oxygen atoms in total. The maximum Gasteiger partial charge on any atom is 0.175 e. The topological polar surface area (TPSA) is 34.1 Å². The molecule has 1 saturated carbocycles. The van der Waals surface area contributed by atoms with Crippen LogP contribution in [0.2, 0.25) is 0 Å². The van der Waals surface area contributed by atoms with Crippen LogP contribution in [0.25, 0.3) is 5.57 Å². The van der Waals surface area contributed by atoms with Crippen LogP contribution >= 0.6 is 0 Å². The minimum Gasteiger partial charge on any atom is -0.224 e. The highest BCUT2D eigenvalue weighted by atomic mass is 32.2. The van der Waals surface area contributed by atoms with Gasteiger partial charge in [0.15, 0.2) is 9.84 Å². The van der Waals surface area contributed by atoms with E-state index in [9.17, 15) is 12.8 Å². The summed E-state index contributed by atoms with van der Waals surface area (Å²) in [7, 11) is -3.19. The smallest absolute Gasteiger partial charge is 0.175 e. The van der Waals surface area contributed by atoms with Gasteiger partial charge in [-0.1, -0.05) is 62.8 Å². The van der Waals surface area contributed by atoms with Crippen molar-refractivity contribution < 1.29 is 12.8 Å². The molecule has 0 bridgehead atoms. The third kappa shape index (κ3) is 6.03. The number of allylic oxidation sites excluding steroid dienone is 7. The van der Waals surface area contributed by atoms with Crippen LogP contribution in [-0.4, -0.2) is 14.7 Å². The number of rotatable bonds is 6. The first-order chi connectivity index (χ1) is 13.3. The van der Waals surface area contributed by atoms with Gasteiger partial charge in [0, 0.05) is 11.7 Å². The highest BCUT2D eigenvalue weighted by Gasteiger charge is 2.40. The van der Waals surface area contributed by atoms with Crippen molar-refractivity contribution in [3.63, 3.8) is 0 Å². The largest absolute Gasteiger partial charge is 0.224 e. The van der Waals surface area contributed by atoms with Crippen molar-refractivity contribution in [3.05, 3.63) is 76.5 Å². The molecular weight excluding hydrogens is 371 g/mol. The number of hydrogen-bond acceptors (Lipinski definition) is 2. The van der Waals surface area contributed by atoms with Gasteiger partial charge in [0.2, 0.25) is 0 Å². The van der Waals surface area contributed by atoms with E-state index in [0.717, 1.165) is 31.2 Å². The molecule has 1 aromatic carbocycles. The zero-order chi connectivity index (χ0) is 20.8. The maximum atomic E-state index is 13.2. The summed E-state index contributed by atoms with van der Waals surface area (Å²) in [6, 6.07) is 6.67. The Labute approximate surface area is 169 Å². The summed E-state index contributed by atoms with van der Waals surface area (Å²) < 4.78 is 36.8. The van der Waals surface area contributed by atoms with E-state index >= 15 is 0 Å². The van der Waals surface area contributed by atoms with Crippen LogP contribution in [0.4, 0.5) is 4.39 Å². The molecule has 0 saturated heterocycles. The minimum atomic E-state index is -3.19. The molecule has 0 amide bonds. The van der Waals surface area contributed by atoms with E-state index in [1.165, 1.54) is 29.5 Å². The van der Waals surface area contributed by atoms with Gasteiger partial charge >= 0.3 is 0 Å². The van der Waals surface area contributed by atoms with Crippen molar-refractivity contribution >= 4 is 15.4 Å². The molecule has 1 spiro atoms. The molecule has 0 heterocycles. The predicted octanol–water partition coefficient (Wildman–Crippen LogP) is 6.63. The van der Waals surface area contributed by atoms with Gasteiger partial charge in [0.05, 0.1) is 4.91 Å². The van der Waals surface area contributed by atoms with E-state index in [2.05, 4.69) is 12.2 Å². The Morgan fingerprint density at radius 3 is 2.32 bits per heavy atom. The average Bonchev–Trinajstić information content (AvgIpc) is 3.40. The predicted molar refractivity (Wildman–Crippen MR) is 117 cm³/mol. The molecule has 4 heteroatoms. The van der Waals surface area contributed by atoms with Gasteiger partial charge in [-0.2, -0.15) is 0 Å². The van der Waals surface area contributed by atoms with Gasteiger partial charge in [-0.3, -0.25) is 0 Å². The Morgan fingerprint density at radius 1 is 1.14 bits per heavy atom. The van der Waals surface area contributed by atoms with Crippen molar-refractivity contribution in [1.82, 2.24) is 0 Å². The molecule has 0 unspecified atom stereocenters. The lowest BCUT2D eigenvalue weighted by atomic mass is 9.84. The molecule has 2 aliphatic rings. The number of hydrogen-bond donors (Lipinski definition) is 0. The lowest BCUT2D eigenvalue weighted by Gasteiger charge is -2.20. The zero-order valence-electron chi connectivity index (χ0n) is 17.3. The van der Waals surface area contributed by atoms with Gasteiger partial charge in [-0.15, -0.1) is 0 Å². The first kappa shape index (κ1) is 22.4. The quantitative estimate of drug-likeness (QED) is 0.395. The van der Waals surface area contributed by atoms with Crippen LogP contribution in [0.5, 0.6) is 0 Å². The summed E-state index contributed by atoms with van der Waals surface area (Å²) in [5, 5.41) is 0. The highest BCUT2D eigenvalue weighted by molar-refractivity contribution is 7.94. The first-order valence-electron chi connectivity index (χ1n) is 10.1. The molecule has 1 fully saturated rings. The summed E-state index contributed by atoms with van der Waals surface area (Å²) >= 11 is 0. The summed E-state index contributed by atoms with van der Waals surface area (Å²) in [5.74, 6) is -0.221. The van der Waals surface area contributed by atoms with Crippen molar-refractivity contribution in [1.29, 1.82) is 0 Å². The van der Waals surface area contributed by atoms with E-state index < -0.39 is 9.84 Å². The summed E-state index contributed by atoms with van der Waals surface area (Å²) in [6.07, 6.45) is 15.9. The second kappa shape index (κ2) is 9.51. The SMILES string of the molecule is CC.CC/C=C(\C=C/CC1=CC2(C=C(c3ccc(F)cc3)C1)CC2)S(C)(=O)=O. The Bertz CT molecular complexity index is 896. The number of sulfone groups is 1. The molecule has 0 atom stereocenters. The van der Waals surface area contributed by atoms with Gasteiger partial charge in [-0.05, 0) is 61.4 Å². The van der Waals surface area contributed by atoms with Crippen LogP contribution < -0.4 is 0 Å². The van der Waals surface area contributed by atoms with Crippen molar-refractivity contribution in [2.75, 3.05) is 6.26 Å². The Kier molecular flexibility index (Phi) is 7.59. The molecule has 0 N–H and O–H groups in total. The maximum absolute atomic E-state index is 13.2. The fraction of sp³-hybridized carbons (Fsp3) is 0.417. The molecule has 3 rings (SSSR count). The normalized spacial score (nSPS) is 18.4. The fourth-order valence-electron chi connectivity index (χ4n) is 3.43. The lowest BCUT2D eigenvalue weighted by Crippen LogP contribution is -2.03. The number of halogens is 1. The third-order valence-electron chi connectivity index (χ3n) is 4.91. The van der Waals surface area contributed by atoms with Crippen molar-refractivity contribution in [3.8, 4) is 0 Å². The van der Waals surface area contributed by atoms with Crippen molar-refractivity contribution in [2.24, 2.45) is 5.41 Å². The second-order valence-corrected chi connectivity index (χ2v) is 9.30. The number of benzene rings is 1. The Hall–Kier alpha value is -1.94. The summed E-state index contributed by atoms with van der Waals surface area (Å²) in [4.78, 5) is 0.381. The van der Waals surface area contributed by atoms with Gasteiger partial charge < -0.3 is 0 Å². The van der Waals surface area contributed by atoms with Gasteiger partial charge in [-0.25, -0.2) is 12.8 Å². The average molecular weight is 403 g/mol. The van der Waals surface area contributed by atoms with E-state index in [1.54, 1.807) is 12.2 Å². The van der Waals surface area contributed by atoms with Crippen molar-refractivity contribution in [2.45, 2.75) is 52.9 Å². The van der Waals surface area contributed by atoms with E-state index in [4.69, 9.17) is 0 Å². The van der Waals surface area contributed by atoms with Crippen LogP contribution in [0, 0.1) is 11.2 Å². The molecule has 0 aliphatic heterocycles. The van der Waals surface area contributed by atoms with Gasteiger partial charge in [0.1, 0.15) is 5.82 Å². The van der Waals surface area contributed by atoms with Gasteiger partial charge in [0.25, 0.3) is 0 Å². The lowest BCUT2D eigenvalue weighted by molar-refractivity contribution is 0.608. The molecule has 2 aliphatic carbocycles. The van der Waals surface area contributed by atoms with Crippen LogP contribution in [-0.2, 0) is 9.84 Å². The highest BCUT2D eigenvalue weighted by Crippen LogP contribution is 2.54. The zero-order valence-corrected chi connectivity index (χ0v) is 18.2. The summed E-state index contributed by atoms with van der Waals surface area (Å²) in [5.41, 5.74) is 3.75. The minimum absolute atomic E-state index is 0.157. The molecule has 0 aromatic heterocycles. The standard InChI is InChI=1S/C22H25FO2S.C2H6/c1-3-5-21(26(2,24)25)7-4-6-17-14-19(16-22(15-17)12-13-22)18-8-10-20(23)11-9-18;1-2/h4-5,7-11,15-16H,3,6,12-14H2,1-2H3;1-2H3/b7-4-,21-5+;. The molecule has 152 valence electrons. The third-order valence-corrected chi connectivity index (χ3v) is 6.07. The molecule has 28 heavy (non-hydrogen) atoms. The summed E-state index contributed by atoms with van der Waals surface area (Å²) in [6.45, 7) is 5.93. The van der Waals surface area contributed by atoms with E-state index in [-0.39, 0.29) is 11.2 Å². The van der Waals surface area contributed by atoms with E-state index in [1.807, 2.05) is 39.0 Å². The fourth-order valence-corrected chi connectivity index (χ4v) is 4.24. The Balaban J connectivity index is 0.00000136. The molecular formula is C24H31FO2S. The molecule has 1 aromatic rings. The second-order valence-electron chi connectivity index (χ2n) is 7.28. The monoisotopic (exact) mass is 402 g/mol. The van der Waals surface area contributed by atoms with Crippen LogP contribution in [0.15, 0.2) is 65.1 Å². The Morgan fingerprint density at radius 2 is 1.79 bits per heavy atom.